The highest BCUT2D eigenvalue weighted by Gasteiger charge is 2.33. The highest BCUT2D eigenvalue weighted by atomic mass is 16.3. The Morgan fingerprint density at radius 3 is 2.65 bits per heavy atom. The molecule has 0 amide bonds. The molecule has 0 aromatic heterocycles. The average Bonchev–Trinajstić information content (AvgIpc) is 2.88. The minimum absolute atomic E-state index is 0.173. The lowest BCUT2D eigenvalue weighted by Gasteiger charge is -2.18. The summed E-state index contributed by atoms with van der Waals surface area (Å²) in [4.78, 5) is 10.3. The Morgan fingerprint density at radius 2 is 1.91 bits per heavy atom. The number of aliphatic hydroxyl groups excluding tert-OH is 2. The first-order valence-electron chi connectivity index (χ1n) is 9.35. The number of carbonyl (C=O) groups excluding carboxylic acids is 1. The van der Waals surface area contributed by atoms with Crippen molar-refractivity contribution in [3.8, 4) is 0 Å². The minimum atomic E-state index is -0.269. The van der Waals surface area contributed by atoms with Crippen LogP contribution in [0.25, 0.3) is 0 Å². The first-order valence-corrected chi connectivity index (χ1v) is 9.35. The van der Waals surface area contributed by atoms with Crippen LogP contribution in [-0.2, 0) is 4.79 Å². The molecule has 3 heteroatoms. The Labute approximate surface area is 141 Å². The Kier molecular flexibility index (Phi) is 10.7. The number of unbranched alkanes of at least 4 members (excludes halogenated alkanes) is 6. The van der Waals surface area contributed by atoms with Gasteiger partial charge in [-0.25, -0.2) is 0 Å². The molecule has 23 heavy (non-hydrogen) atoms. The Morgan fingerprint density at radius 1 is 1.09 bits per heavy atom. The smallest absolute Gasteiger partial charge is 0.120 e. The van der Waals surface area contributed by atoms with Crippen molar-refractivity contribution in [3.05, 3.63) is 24.0 Å². The molecule has 0 radical (unpaired) electrons. The van der Waals surface area contributed by atoms with E-state index in [1.807, 2.05) is 6.08 Å². The molecule has 1 aliphatic rings. The van der Waals surface area contributed by atoms with Gasteiger partial charge >= 0.3 is 0 Å². The SMILES string of the molecule is CCCCCC/C=C/C1[C@@H](C/C(O)=C/CCCC=O)CC[C@H]1O. The second-order valence-corrected chi connectivity index (χ2v) is 6.76. The zero-order valence-electron chi connectivity index (χ0n) is 14.6. The normalized spacial score (nSPS) is 25.3. The third-order valence-corrected chi connectivity index (χ3v) is 4.78. The van der Waals surface area contributed by atoms with E-state index in [0.29, 0.717) is 24.5 Å². The lowest BCUT2D eigenvalue weighted by Crippen LogP contribution is -2.17. The molecular weight excluding hydrogens is 288 g/mol. The van der Waals surface area contributed by atoms with E-state index in [2.05, 4.69) is 19.1 Å². The summed E-state index contributed by atoms with van der Waals surface area (Å²) in [6, 6.07) is 0. The molecule has 1 rings (SSSR count). The molecule has 0 spiro atoms. The Balaban J connectivity index is 2.37. The summed E-state index contributed by atoms with van der Waals surface area (Å²) >= 11 is 0. The van der Waals surface area contributed by atoms with Gasteiger partial charge in [0.2, 0.25) is 0 Å². The van der Waals surface area contributed by atoms with E-state index in [9.17, 15) is 15.0 Å². The lowest BCUT2D eigenvalue weighted by atomic mass is 9.90. The fourth-order valence-electron chi connectivity index (χ4n) is 3.37. The van der Waals surface area contributed by atoms with Crippen molar-refractivity contribution < 1.29 is 15.0 Å². The predicted octanol–water partition coefficient (Wildman–Crippen LogP) is 5.10. The van der Waals surface area contributed by atoms with Gasteiger partial charge in [-0.1, -0.05) is 38.3 Å². The summed E-state index contributed by atoms with van der Waals surface area (Å²) < 4.78 is 0. The van der Waals surface area contributed by atoms with Gasteiger partial charge in [0.05, 0.1) is 11.9 Å². The molecule has 0 heterocycles. The monoisotopic (exact) mass is 322 g/mol. The summed E-state index contributed by atoms with van der Waals surface area (Å²) in [6.07, 6.45) is 17.5. The molecule has 0 aliphatic heterocycles. The van der Waals surface area contributed by atoms with Crippen LogP contribution in [0, 0.1) is 11.8 Å². The van der Waals surface area contributed by atoms with Gasteiger partial charge in [-0.2, -0.15) is 0 Å². The number of aliphatic hydroxyl groups is 2. The maximum atomic E-state index is 10.3. The summed E-state index contributed by atoms with van der Waals surface area (Å²) in [7, 11) is 0. The third-order valence-electron chi connectivity index (χ3n) is 4.78. The molecule has 1 saturated carbocycles. The summed E-state index contributed by atoms with van der Waals surface area (Å²) in [5.74, 6) is 0.919. The minimum Gasteiger partial charge on any atom is -0.513 e. The van der Waals surface area contributed by atoms with Gasteiger partial charge in [0.25, 0.3) is 0 Å². The maximum Gasteiger partial charge on any atom is 0.120 e. The van der Waals surface area contributed by atoms with Crippen molar-refractivity contribution >= 4 is 6.29 Å². The average molecular weight is 322 g/mol. The van der Waals surface area contributed by atoms with Crippen LogP contribution in [0.4, 0.5) is 0 Å². The molecule has 0 bridgehead atoms. The van der Waals surface area contributed by atoms with Crippen LogP contribution >= 0.6 is 0 Å². The molecule has 3 atom stereocenters. The zero-order chi connectivity index (χ0) is 16.9. The van der Waals surface area contributed by atoms with Gasteiger partial charge in [-0.05, 0) is 50.5 Å². The Hall–Kier alpha value is -1.09. The van der Waals surface area contributed by atoms with E-state index in [0.717, 1.165) is 38.4 Å². The number of aldehydes is 1. The topological polar surface area (TPSA) is 57.5 Å². The number of allylic oxidation sites excluding steroid dienone is 3. The molecule has 132 valence electrons. The van der Waals surface area contributed by atoms with Crippen LogP contribution < -0.4 is 0 Å². The Bertz CT molecular complexity index is 373. The van der Waals surface area contributed by atoms with Crippen LogP contribution in [0.1, 0.15) is 77.6 Å². The molecule has 3 nitrogen and oxygen atoms in total. The van der Waals surface area contributed by atoms with E-state index < -0.39 is 0 Å². The van der Waals surface area contributed by atoms with Crippen molar-refractivity contribution in [1.82, 2.24) is 0 Å². The molecule has 1 fully saturated rings. The van der Waals surface area contributed by atoms with E-state index in [1.165, 1.54) is 25.7 Å². The van der Waals surface area contributed by atoms with Gasteiger partial charge in [-0.15, -0.1) is 0 Å². The summed E-state index contributed by atoms with van der Waals surface area (Å²) in [6.45, 7) is 2.22. The van der Waals surface area contributed by atoms with Gasteiger partial charge < -0.3 is 15.0 Å². The number of hydrogen-bond donors (Lipinski definition) is 2. The molecule has 0 saturated heterocycles. The first kappa shape index (κ1) is 20.0. The maximum absolute atomic E-state index is 10.3. The fraction of sp³-hybridized carbons (Fsp3) is 0.750. The second-order valence-electron chi connectivity index (χ2n) is 6.76. The van der Waals surface area contributed by atoms with Crippen LogP contribution in [0.5, 0.6) is 0 Å². The highest BCUT2D eigenvalue weighted by Crippen LogP contribution is 2.37. The van der Waals surface area contributed by atoms with E-state index in [1.54, 1.807) is 0 Å². The predicted molar refractivity (Wildman–Crippen MR) is 95.4 cm³/mol. The zero-order valence-corrected chi connectivity index (χ0v) is 14.6. The number of rotatable bonds is 12. The molecular formula is C20H34O3. The summed E-state index contributed by atoms with van der Waals surface area (Å²) in [5.41, 5.74) is 0. The van der Waals surface area contributed by atoms with Crippen molar-refractivity contribution in [2.45, 2.75) is 83.7 Å². The molecule has 0 aromatic carbocycles. The van der Waals surface area contributed by atoms with Gasteiger partial charge in [0.15, 0.2) is 0 Å². The highest BCUT2D eigenvalue weighted by molar-refractivity contribution is 5.49. The van der Waals surface area contributed by atoms with E-state index >= 15 is 0 Å². The quantitative estimate of drug-likeness (QED) is 0.227. The summed E-state index contributed by atoms with van der Waals surface area (Å²) in [5, 5.41) is 20.2. The van der Waals surface area contributed by atoms with Crippen LogP contribution in [0.2, 0.25) is 0 Å². The van der Waals surface area contributed by atoms with Crippen LogP contribution in [0.15, 0.2) is 24.0 Å². The first-order chi connectivity index (χ1) is 11.2. The second kappa shape index (κ2) is 12.3. The molecule has 2 N–H and O–H groups in total. The lowest BCUT2D eigenvalue weighted by molar-refractivity contribution is -0.107. The van der Waals surface area contributed by atoms with Crippen LogP contribution in [-0.4, -0.2) is 22.6 Å². The van der Waals surface area contributed by atoms with Crippen molar-refractivity contribution in [2.75, 3.05) is 0 Å². The number of carbonyl (C=O) groups is 1. The van der Waals surface area contributed by atoms with Crippen molar-refractivity contribution in [3.63, 3.8) is 0 Å². The van der Waals surface area contributed by atoms with Crippen LogP contribution in [0.3, 0.4) is 0 Å². The van der Waals surface area contributed by atoms with Crippen molar-refractivity contribution in [2.24, 2.45) is 11.8 Å². The van der Waals surface area contributed by atoms with Gasteiger partial charge in [-0.3, -0.25) is 0 Å². The molecule has 0 aromatic rings. The number of hydrogen-bond acceptors (Lipinski definition) is 3. The molecule has 1 unspecified atom stereocenters. The fourth-order valence-corrected chi connectivity index (χ4v) is 3.37. The van der Waals surface area contributed by atoms with Gasteiger partial charge in [0.1, 0.15) is 6.29 Å². The van der Waals surface area contributed by atoms with E-state index in [-0.39, 0.29) is 12.0 Å². The largest absolute Gasteiger partial charge is 0.513 e. The third kappa shape index (κ3) is 8.36. The van der Waals surface area contributed by atoms with Crippen molar-refractivity contribution in [1.29, 1.82) is 0 Å². The van der Waals surface area contributed by atoms with Gasteiger partial charge in [0, 0.05) is 18.8 Å². The standard InChI is InChI=1S/C20H34O3/c1-2-3-4-5-6-9-12-19-17(13-14-20(19)23)16-18(22)11-8-7-10-15-21/h9,11-12,15,17,19-20,22-23H,2-8,10,13-14,16H2,1H3/b12-9+,18-11-/t17-,19?,20-/m1/s1. The molecule has 1 aliphatic carbocycles. The van der Waals surface area contributed by atoms with E-state index in [4.69, 9.17) is 0 Å².